The molecule has 1 aliphatic heterocycles. The molecule has 1 unspecified atom stereocenters. The summed E-state index contributed by atoms with van der Waals surface area (Å²) < 4.78 is 11.7. The van der Waals surface area contributed by atoms with Gasteiger partial charge in [-0.3, -0.25) is 4.79 Å². The van der Waals surface area contributed by atoms with Gasteiger partial charge in [-0.1, -0.05) is 24.3 Å². The van der Waals surface area contributed by atoms with Crippen molar-refractivity contribution in [2.45, 2.75) is 26.5 Å². The number of ether oxygens (including phenoxy) is 2. The molecule has 0 aromatic heterocycles. The van der Waals surface area contributed by atoms with E-state index in [1.807, 2.05) is 55.5 Å². The van der Waals surface area contributed by atoms with Crippen LogP contribution in [0.4, 0.5) is 5.69 Å². The lowest BCUT2D eigenvalue weighted by Crippen LogP contribution is -2.45. The Labute approximate surface area is 188 Å². The smallest absolute Gasteiger partial charge is 0.221 e. The number of hydrogen-bond donors (Lipinski definition) is 3. The summed E-state index contributed by atoms with van der Waals surface area (Å²) in [6, 6.07) is 15.3. The number of rotatable bonds is 6. The molecule has 0 radical (unpaired) electrons. The SMILES string of the molecule is CCNC(=NCc1cccc(NC(C)=O)c1)NCC1COc2ccccc2O1.I. The minimum atomic E-state index is -0.0955. The number of anilines is 1. The number of halogens is 1. The van der Waals surface area contributed by atoms with Gasteiger partial charge in [0.1, 0.15) is 12.7 Å². The fourth-order valence-electron chi connectivity index (χ4n) is 2.84. The highest BCUT2D eigenvalue weighted by molar-refractivity contribution is 14.0. The Bertz CT molecular complexity index is 844. The van der Waals surface area contributed by atoms with Crippen LogP contribution < -0.4 is 25.4 Å². The Morgan fingerprint density at radius 3 is 2.69 bits per heavy atom. The van der Waals surface area contributed by atoms with Crippen molar-refractivity contribution in [3.63, 3.8) is 0 Å². The summed E-state index contributed by atoms with van der Waals surface area (Å²) >= 11 is 0. The highest BCUT2D eigenvalue weighted by Gasteiger charge is 2.20. The number of carbonyl (C=O) groups excluding carboxylic acids is 1. The van der Waals surface area contributed by atoms with Crippen LogP contribution in [0.15, 0.2) is 53.5 Å². The van der Waals surface area contributed by atoms with Crippen LogP contribution in [0, 0.1) is 0 Å². The van der Waals surface area contributed by atoms with Crippen LogP contribution in [-0.4, -0.2) is 37.7 Å². The van der Waals surface area contributed by atoms with E-state index in [0.717, 1.165) is 29.3 Å². The molecule has 3 rings (SSSR count). The molecule has 8 heteroatoms. The highest BCUT2D eigenvalue weighted by Crippen LogP contribution is 2.30. The fraction of sp³-hybridized carbons (Fsp3) is 0.333. The molecule has 29 heavy (non-hydrogen) atoms. The lowest BCUT2D eigenvalue weighted by atomic mass is 10.2. The maximum Gasteiger partial charge on any atom is 0.221 e. The van der Waals surface area contributed by atoms with Crippen LogP contribution >= 0.6 is 24.0 Å². The number of benzene rings is 2. The third-order valence-corrected chi connectivity index (χ3v) is 4.08. The van der Waals surface area contributed by atoms with E-state index in [0.29, 0.717) is 25.7 Å². The van der Waals surface area contributed by atoms with Crippen LogP contribution in [0.1, 0.15) is 19.4 Å². The van der Waals surface area contributed by atoms with E-state index >= 15 is 0 Å². The van der Waals surface area contributed by atoms with Crippen LogP contribution in [0.25, 0.3) is 0 Å². The minimum absolute atomic E-state index is 0. The second-order valence-corrected chi connectivity index (χ2v) is 6.46. The Morgan fingerprint density at radius 2 is 1.93 bits per heavy atom. The van der Waals surface area contributed by atoms with E-state index in [1.165, 1.54) is 6.92 Å². The number of para-hydroxylation sites is 2. The zero-order valence-corrected chi connectivity index (χ0v) is 18.9. The van der Waals surface area contributed by atoms with Crippen LogP contribution in [0.3, 0.4) is 0 Å². The largest absolute Gasteiger partial charge is 0.486 e. The van der Waals surface area contributed by atoms with Crippen molar-refractivity contribution in [1.29, 1.82) is 0 Å². The predicted molar refractivity (Wildman–Crippen MR) is 125 cm³/mol. The molecular formula is C21H27IN4O3. The van der Waals surface area contributed by atoms with Crippen molar-refractivity contribution < 1.29 is 14.3 Å². The monoisotopic (exact) mass is 510 g/mol. The van der Waals surface area contributed by atoms with Gasteiger partial charge in [0.05, 0.1) is 13.1 Å². The molecule has 1 heterocycles. The van der Waals surface area contributed by atoms with Gasteiger partial charge < -0.3 is 25.4 Å². The standard InChI is InChI=1S/C21H26N4O3.HI/c1-3-22-21(23-12-16-7-6-8-17(11-16)25-15(2)26)24-13-18-14-27-19-9-4-5-10-20(19)28-18;/h4-11,18H,3,12-14H2,1-2H3,(H,25,26)(H2,22,23,24);1H. The van der Waals surface area contributed by atoms with E-state index in [4.69, 9.17) is 9.47 Å². The number of aliphatic imine (C=N–C) groups is 1. The lowest BCUT2D eigenvalue weighted by molar-refractivity contribution is -0.114. The molecule has 2 aromatic carbocycles. The van der Waals surface area contributed by atoms with Gasteiger partial charge in [0.15, 0.2) is 17.5 Å². The van der Waals surface area contributed by atoms with E-state index < -0.39 is 0 Å². The molecule has 156 valence electrons. The van der Waals surface area contributed by atoms with Crippen LogP contribution in [0.2, 0.25) is 0 Å². The van der Waals surface area contributed by atoms with Gasteiger partial charge in [-0.2, -0.15) is 0 Å². The van der Waals surface area contributed by atoms with Crippen molar-refractivity contribution >= 4 is 41.5 Å². The first-order valence-electron chi connectivity index (χ1n) is 9.41. The fourth-order valence-corrected chi connectivity index (χ4v) is 2.84. The van der Waals surface area contributed by atoms with Gasteiger partial charge >= 0.3 is 0 Å². The highest BCUT2D eigenvalue weighted by atomic mass is 127. The number of guanidine groups is 1. The van der Waals surface area contributed by atoms with Crippen LogP contribution in [0.5, 0.6) is 11.5 Å². The summed E-state index contributed by atoms with van der Waals surface area (Å²) in [5.74, 6) is 2.15. The predicted octanol–water partition coefficient (Wildman–Crippen LogP) is 3.16. The number of fused-ring (bicyclic) bond motifs is 1. The summed E-state index contributed by atoms with van der Waals surface area (Å²) in [6.07, 6.45) is -0.0955. The van der Waals surface area contributed by atoms with Crippen molar-refractivity contribution in [2.24, 2.45) is 4.99 Å². The molecule has 1 amide bonds. The molecule has 3 N–H and O–H groups in total. The minimum Gasteiger partial charge on any atom is -0.486 e. The molecule has 7 nitrogen and oxygen atoms in total. The van der Waals surface area contributed by atoms with Crippen LogP contribution in [-0.2, 0) is 11.3 Å². The first kappa shape index (κ1) is 22.8. The maximum absolute atomic E-state index is 11.2. The van der Waals surface area contributed by atoms with E-state index in [2.05, 4.69) is 20.9 Å². The van der Waals surface area contributed by atoms with E-state index in [9.17, 15) is 4.79 Å². The van der Waals surface area contributed by atoms with Crippen molar-refractivity contribution in [2.75, 3.05) is 25.0 Å². The van der Waals surface area contributed by atoms with Gasteiger partial charge in [-0.15, -0.1) is 24.0 Å². The lowest BCUT2D eigenvalue weighted by Gasteiger charge is -2.27. The van der Waals surface area contributed by atoms with Crippen molar-refractivity contribution in [3.8, 4) is 11.5 Å². The summed E-state index contributed by atoms with van der Waals surface area (Å²) in [5, 5.41) is 9.32. The first-order chi connectivity index (χ1) is 13.6. The Kier molecular flexibility index (Phi) is 9.04. The van der Waals surface area contributed by atoms with Gasteiger partial charge in [0.25, 0.3) is 0 Å². The summed E-state index contributed by atoms with van der Waals surface area (Å²) in [6.45, 7) is 5.82. The molecule has 0 fully saturated rings. The van der Waals surface area contributed by atoms with E-state index in [1.54, 1.807) is 0 Å². The Balaban J connectivity index is 0.00000300. The van der Waals surface area contributed by atoms with Gasteiger partial charge in [-0.05, 0) is 36.8 Å². The number of nitrogens with zero attached hydrogens (tertiary/aromatic N) is 1. The number of nitrogens with one attached hydrogen (secondary N) is 3. The average molecular weight is 510 g/mol. The van der Waals surface area contributed by atoms with Gasteiger partial charge in [0.2, 0.25) is 5.91 Å². The summed E-state index contributed by atoms with van der Waals surface area (Å²) in [7, 11) is 0. The maximum atomic E-state index is 11.2. The average Bonchev–Trinajstić information content (AvgIpc) is 2.70. The molecule has 1 aliphatic rings. The second-order valence-electron chi connectivity index (χ2n) is 6.46. The summed E-state index contributed by atoms with van der Waals surface area (Å²) in [5.41, 5.74) is 1.78. The Morgan fingerprint density at radius 1 is 1.14 bits per heavy atom. The van der Waals surface area contributed by atoms with E-state index in [-0.39, 0.29) is 36.0 Å². The number of amides is 1. The third kappa shape index (κ3) is 7.12. The molecule has 0 saturated heterocycles. The topological polar surface area (TPSA) is 84.0 Å². The second kappa shape index (κ2) is 11.5. The van der Waals surface area contributed by atoms with Gasteiger partial charge in [-0.25, -0.2) is 4.99 Å². The molecule has 0 spiro atoms. The normalized spacial score (nSPS) is 15.1. The zero-order valence-electron chi connectivity index (χ0n) is 16.6. The molecule has 0 aliphatic carbocycles. The quantitative estimate of drug-likeness (QED) is 0.316. The zero-order chi connectivity index (χ0) is 19.8. The molecule has 0 saturated carbocycles. The van der Waals surface area contributed by atoms with Crippen molar-refractivity contribution in [1.82, 2.24) is 10.6 Å². The molecular weight excluding hydrogens is 483 g/mol. The Hall–Kier alpha value is -2.49. The third-order valence-electron chi connectivity index (χ3n) is 4.08. The van der Waals surface area contributed by atoms with Crippen molar-refractivity contribution in [3.05, 3.63) is 54.1 Å². The molecule has 0 bridgehead atoms. The van der Waals surface area contributed by atoms with Gasteiger partial charge in [0, 0.05) is 19.2 Å². The molecule has 2 aromatic rings. The number of hydrogen-bond acceptors (Lipinski definition) is 4. The number of carbonyl (C=O) groups is 1. The molecule has 1 atom stereocenters. The first-order valence-corrected chi connectivity index (χ1v) is 9.41. The summed E-state index contributed by atoms with van der Waals surface area (Å²) in [4.78, 5) is 15.8.